The maximum absolute atomic E-state index is 11.6. The maximum atomic E-state index is 11.6. The molecule has 0 aromatic heterocycles. The van der Waals surface area contributed by atoms with Crippen LogP contribution in [-0.2, 0) is 14.2 Å². The smallest absolute Gasteiger partial charge is 0.628 e. The molecule has 0 amide bonds. The summed E-state index contributed by atoms with van der Waals surface area (Å²) in [6.45, 7) is 0. The lowest BCUT2D eigenvalue weighted by molar-refractivity contribution is -0.869. The number of carbonyl (C=O) groups is 1. The van der Waals surface area contributed by atoms with Gasteiger partial charge in [-0.05, 0) is 38.5 Å². The Hall–Kier alpha value is -1.46. The van der Waals surface area contributed by atoms with Crippen LogP contribution >= 0.6 is 0 Å². The third-order valence-corrected chi connectivity index (χ3v) is 3.86. The molecule has 0 radical (unpaired) electrons. The fourth-order valence-corrected chi connectivity index (χ4v) is 2.79. The van der Waals surface area contributed by atoms with E-state index in [1.54, 1.807) is 0 Å². The van der Waals surface area contributed by atoms with Crippen LogP contribution < -0.4 is 5.26 Å². The predicted octanol–water partition coefficient (Wildman–Crippen LogP) is 2.75. The SMILES string of the molecule is O=C(OC(OC1CCCCC1)=[O+][O-])OC1CCCCC1. The molecule has 0 bridgehead atoms. The minimum absolute atomic E-state index is 0.116. The van der Waals surface area contributed by atoms with Gasteiger partial charge >= 0.3 is 12.3 Å². The van der Waals surface area contributed by atoms with Crippen LogP contribution in [0.1, 0.15) is 64.2 Å². The van der Waals surface area contributed by atoms with Gasteiger partial charge in [-0.15, -0.1) is 0 Å². The molecule has 2 saturated carbocycles. The van der Waals surface area contributed by atoms with E-state index < -0.39 is 12.3 Å². The van der Waals surface area contributed by atoms with Crippen LogP contribution in [0.2, 0.25) is 0 Å². The monoisotopic (exact) mass is 286 g/mol. The van der Waals surface area contributed by atoms with Crippen LogP contribution in [0.3, 0.4) is 0 Å². The van der Waals surface area contributed by atoms with E-state index in [9.17, 15) is 10.1 Å². The van der Waals surface area contributed by atoms with E-state index in [0.717, 1.165) is 57.8 Å². The maximum Gasteiger partial charge on any atom is 0.735 e. The van der Waals surface area contributed by atoms with E-state index in [1.165, 1.54) is 6.42 Å². The third kappa shape index (κ3) is 4.90. The first-order valence-electron chi connectivity index (χ1n) is 7.50. The van der Waals surface area contributed by atoms with Crippen LogP contribution in [0.5, 0.6) is 0 Å². The van der Waals surface area contributed by atoms with Crippen molar-refractivity contribution in [3.63, 3.8) is 0 Å². The summed E-state index contributed by atoms with van der Waals surface area (Å²) in [5, 5.41) is 10.5. The van der Waals surface area contributed by atoms with Crippen molar-refractivity contribution in [1.82, 2.24) is 0 Å². The summed E-state index contributed by atoms with van der Waals surface area (Å²) in [5.41, 5.74) is 0. The number of ether oxygens (including phenoxy) is 3. The van der Waals surface area contributed by atoms with Crippen molar-refractivity contribution in [2.75, 3.05) is 0 Å². The largest absolute Gasteiger partial charge is 0.735 e. The van der Waals surface area contributed by atoms with E-state index >= 15 is 0 Å². The topological polar surface area (TPSA) is 79.1 Å². The summed E-state index contributed by atoms with van der Waals surface area (Å²) in [6.07, 6.45) is 8.08. The normalized spacial score (nSPS) is 22.3. The molecule has 0 unspecified atom stereocenters. The fourth-order valence-electron chi connectivity index (χ4n) is 2.79. The Morgan fingerprint density at radius 2 is 1.35 bits per heavy atom. The highest BCUT2D eigenvalue weighted by Crippen LogP contribution is 2.22. The molecule has 6 heteroatoms. The van der Waals surface area contributed by atoms with Gasteiger partial charge in [0, 0.05) is 12.8 Å². The summed E-state index contributed by atoms with van der Waals surface area (Å²) in [4.78, 5) is 11.6. The molecule has 0 aromatic carbocycles. The third-order valence-electron chi connectivity index (χ3n) is 3.86. The van der Waals surface area contributed by atoms with Crippen molar-refractivity contribution < 1.29 is 28.8 Å². The van der Waals surface area contributed by atoms with Crippen LogP contribution in [0.25, 0.3) is 0 Å². The van der Waals surface area contributed by atoms with E-state index in [0.29, 0.717) is 0 Å². The van der Waals surface area contributed by atoms with Crippen molar-refractivity contribution in [2.45, 2.75) is 76.4 Å². The van der Waals surface area contributed by atoms with Crippen molar-refractivity contribution in [2.24, 2.45) is 0 Å². The molecule has 0 atom stereocenters. The van der Waals surface area contributed by atoms with E-state index in [2.05, 4.69) is 4.58 Å². The molecule has 0 aromatic rings. The molecule has 2 fully saturated rings. The van der Waals surface area contributed by atoms with Gasteiger partial charge in [-0.3, -0.25) is 4.58 Å². The second-order valence-electron chi connectivity index (χ2n) is 5.44. The number of hydrogen-bond acceptors (Lipinski definition) is 5. The Kier molecular flexibility index (Phi) is 5.95. The molecule has 20 heavy (non-hydrogen) atoms. The van der Waals surface area contributed by atoms with Crippen LogP contribution in [0.15, 0.2) is 0 Å². The van der Waals surface area contributed by atoms with Gasteiger partial charge in [0.2, 0.25) is 0 Å². The number of carbonyl (C=O) groups excluding carboxylic acids is 2. The molecule has 0 N–H and O–H groups in total. The first kappa shape index (κ1) is 14.9. The highest BCUT2D eigenvalue weighted by molar-refractivity contribution is 5.77. The molecule has 0 saturated heterocycles. The quantitative estimate of drug-likeness (QED) is 0.256. The molecule has 0 spiro atoms. The second kappa shape index (κ2) is 7.97. The zero-order valence-corrected chi connectivity index (χ0v) is 11.7. The first-order chi connectivity index (χ1) is 9.78. The molecule has 6 nitrogen and oxygen atoms in total. The summed E-state index contributed by atoms with van der Waals surface area (Å²) in [7, 11) is 0. The second-order valence-corrected chi connectivity index (χ2v) is 5.44. The van der Waals surface area contributed by atoms with E-state index in [1.807, 2.05) is 0 Å². The van der Waals surface area contributed by atoms with Gasteiger partial charge in [0.05, 0.1) is 0 Å². The molecule has 2 aliphatic rings. The summed E-state index contributed by atoms with van der Waals surface area (Å²) in [6, 6.07) is 0. The number of rotatable bonds is 2. The van der Waals surface area contributed by atoms with Gasteiger partial charge in [0.15, 0.2) is 6.10 Å². The highest BCUT2D eigenvalue weighted by atomic mass is 17.1. The average molecular weight is 286 g/mol. The lowest BCUT2D eigenvalue weighted by Crippen LogP contribution is -2.27. The minimum atomic E-state index is -0.918. The molecule has 2 aliphatic carbocycles. The molecular weight excluding hydrogens is 264 g/mol. The van der Waals surface area contributed by atoms with Crippen molar-refractivity contribution in [3.05, 3.63) is 0 Å². The first-order valence-corrected chi connectivity index (χ1v) is 7.50. The number of hydrogen-bond donors (Lipinski definition) is 0. The molecule has 114 valence electrons. The van der Waals surface area contributed by atoms with Crippen LogP contribution in [0.4, 0.5) is 9.37 Å². The zero-order chi connectivity index (χ0) is 14.2. The molecule has 0 aliphatic heterocycles. The van der Waals surface area contributed by atoms with E-state index in [4.69, 9.17) is 14.2 Å². The van der Waals surface area contributed by atoms with Crippen LogP contribution in [-0.4, -0.2) is 24.5 Å². The summed E-state index contributed by atoms with van der Waals surface area (Å²) < 4.78 is 18.8. The average Bonchev–Trinajstić information content (AvgIpc) is 2.48. The zero-order valence-electron chi connectivity index (χ0n) is 11.7. The molecule has 0 heterocycles. The Balaban J connectivity index is 1.72. The molecular formula is C14H22O6. The summed E-state index contributed by atoms with van der Waals surface area (Å²) >= 11 is 0. The highest BCUT2D eigenvalue weighted by Gasteiger charge is 2.32. The van der Waals surface area contributed by atoms with Crippen LogP contribution in [0, 0.1) is 0 Å². The Bertz CT molecular complexity index is 329. The Morgan fingerprint density at radius 1 is 0.850 bits per heavy atom. The van der Waals surface area contributed by atoms with Crippen molar-refractivity contribution >= 4 is 12.3 Å². The van der Waals surface area contributed by atoms with Gasteiger partial charge < -0.3 is 14.7 Å². The predicted molar refractivity (Wildman–Crippen MR) is 67.8 cm³/mol. The summed E-state index contributed by atoms with van der Waals surface area (Å²) in [5.74, 6) is 0. The lowest BCUT2D eigenvalue weighted by atomic mass is 9.98. The van der Waals surface area contributed by atoms with E-state index in [-0.39, 0.29) is 12.2 Å². The van der Waals surface area contributed by atoms with Gasteiger partial charge in [-0.2, -0.15) is 4.79 Å². The lowest BCUT2D eigenvalue weighted by Gasteiger charge is -2.20. The van der Waals surface area contributed by atoms with Gasteiger partial charge in [0.25, 0.3) is 0 Å². The Morgan fingerprint density at radius 3 is 1.85 bits per heavy atom. The van der Waals surface area contributed by atoms with Gasteiger partial charge in [0.1, 0.15) is 6.10 Å². The standard InChI is InChI=1S/C14H22O6/c15-13(17-11-7-3-1-4-8-11)19-14(20-16)18-12-9-5-2-6-10-12/h11-12H,1-10H2. The van der Waals surface area contributed by atoms with Crippen molar-refractivity contribution in [3.8, 4) is 0 Å². The van der Waals surface area contributed by atoms with Gasteiger partial charge in [-0.1, -0.05) is 12.8 Å². The van der Waals surface area contributed by atoms with Crippen molar-refractivity contribution in [1.29, 1.82) is 0 Å². The molecule has 2 rings (SSSR count). The fraction of sp³-hybridized carbons (Fsp3) is 0.857. The van der Waals surface area contributed by atoms with Gasteiger partial charge in [-0.25, -0.2) is 4.74 Å². The Labute approximate surface area is 118 Å². The minimum Gasteiger partial charge on any atom is -0.628 e.